The van der Waals surface area contributed by atoms with Crippen molar-refractivity contribution in [1.29, 1.82) is 0 Å². The van der Waals surface area contributed by atoms with E-state index in [1.165, 1.54) is 12.8 Å². The summed E-state index contributed by atoms with van der Waals surface area (Å²) in [7, 11) is 0. The lowest BCUT2D eigenvalue weighted by Gasteiger charge is -2.13. The van der Waals surface area contributed by atoms with Crippen molar-refractivity contribution in [3.63, 3.8) is 0 Å². The van der Waals surface area contributed by atoms with Gasteiger partial charge in [-0.2, -0.15) is 0 Å². The lowest BCUT2D eigenvalue weighted by Crippen LogP contribution is -2.02. The van der Waals surface area contributed by atoms with Gasteiger partial charge in [0.2, 0.25) is 0 Å². The van der Waals surface area contributed by atoms with Crippen LogP contribution in [0.2, 0.25) is 5.02 Å². The first-order chi connectivity index (χ1) is 7.66. The Bertz CT molecular complexity index is 359. The van der Waals surface area contributed by atoms with E-state index in [1.54, 1.807) is 19.1 Å². The first-order valence-electron chi connectivity index (χ1n) is 5.77. The largest absolute Gasteiger partial charge is 0.493 e. The van der Waals surface area contributed by atoms with E-state index in [1.807, 2.05) is 6.07 Å². The summed E-state index contributed by atoms with van der Waals surface area (Å²) < 4.78 is 5.69. The van der Waals surface area contributed by atoms with E-state index in [9.17, 15) is 5.11 Å². The van der Waals surface area contributed by atoms with Crippen LogP contribution in [0.3, 0.4) is 0 Å². The molecule has 0 heterocycles. The number of benzene rings is 1. The minimum absolute atomic E-state index is 0.547. The topological polar surface area (TPSA) is 29.5 Å². The SMILES string of the molecule is C[C@@H](O)c1cc(Cl)ccc1OCCC1CC1. The maximum Gasteiger partial charge on any atom is 0.125 e. The van der Waals surface area contributed by atoms with Gasteiger partial charge in [-0.15, -0.1) is 0 Å². The zero-order valence-corrected chi connectivity index (χ0v) is 10.2. The summed E-state index contributed by atoms with van der Waals surface area (Å²) in [6.45, 7) is 2.45. The second-order valence-corrected chi connectivity index (χ2v) is 4.88. The number of rotatable bonds is 5. The zero-order chi connectivity index (χ0) is 11.5. The van der Waals surface area contributed by atoms with E-state index in [-0.39, 0.29) is 0 Å². The number of halogens is 1. The zero-order valence-electron chi connectivity index (χ0n) is 9.45. The molecule has 0 unspecified atom stereocenters. The van der Waals surface area contributed by atoms with Crippen LogP contribution in [0.1, 0.15) is 37.9 Å². The van der Waals surface area contributed by atoms with E-state index in [0.29, 0.717) is 5.02 Å². The van der Waals surface area contributed by atoms with Crippen LogP contribution < -0.4 is 4.74 Å². The van der Waals surface area contributed by atoms with E-state index >= 15 is 0 Å². The fraction of sp³-hybridized carbons (Fsp3) is 0.538. The molecule has 1 N–H and O–H groups in total. The van der Waals surface area contributed by atoms with Crippen LogP contribution in [0.15, 0.2) is 18.2 Å². The van der Waals surface area contributed by atoms with Crippen molar-refractivity contribution in [3.8, 4) is 5.75 Å². The van der Waals surface area contributed by atoms with Crippen LogP contribution in [-0.2, 0) is 0 Å². The summed E-state index contributed by atoms with van der Waals surface area (Å²) in [5, 5.41) is 10.2. The van der Waals surface area contributed by atoms with Gasteiger partial charge in [0.15, 0.2) is 0 Å². The quantitative estimate of drug-likeness (QED) is 0.853. The van der Waals surface area contributed by atoms with Crippen LogP contribution in [0, 0.1) is 5.92 Å². The predicted molar refractivity (Wildman–Crippen MR) is 64.9 cm³/mol. The molecular weight excluding hydrogens is 224 g/mol. The van der Waals surface area contributed by atoms with Crippen molar-refractivity contribution in [1.82, 2.24) is 0 Å². The van der Waals surface area contributed by atoms with Crippen LogP contribution in [0.5, 0.6) is 5.75 Å². The Labute approximate surface area is 101 Å². The van der Waals surface area contributed by atoms with Crippen LogP contribution in [-0.4, -0.2) is 11.7 Å². The standard InChI is InChI=1S/C13H17ClO2/c1-9(15)12-8-11(14)4-5-13(12)16-7-6-10-2-3-10/h4-5,8-10,15H,2-3,6-7H2,1H3/t9-/m1/s1. The maximum absolute atomic E-state index is 9.61. The van der Waals surface area contributed by atoms with Gasteiger partial charge in [-0.05, 0) is 37.5 Å². The fourth-order valence-electron chi connectivity index (χ4n) is 1.72. The Morgan fingerprint density at radius 3 is 2.88 bits per heavy atom. The Morgan fingerprint density at radius 2 is 2.25 bits per heavy atom. The molecule has 1 aliphatic rings. The lowest BCUT2D eigenvalue weighted by atomic mass is 10.1. The first-order valence-corrected chi connectivity index (χ1v) is 6.15. The van der Waals surface area contributed by atoms with Crippen molar-refractivity contribution in [2.24, 2.45) is 5.92 Å². The highest BCUT2D eigenvalue weighted by molar-refractivity contribution is 6.30. The Morgan fingerprint density at radius 1 is 1.50 bits per heavy atom. The highest BCUT2D eigenvalue weighted by Gasteiger charge is 2.21. The molecular formula is C13H17ClO2. The van der Waals surface area contributed by atoms with E-state index in [0.717, 1.165) is 30.3 Å². The van der Waals surface area contributed by atoms with Crippen LogP contribution in [0.4, 0.5) is 0 Å². The molecule has 0 amide bonds. The number of ether oxygens (including phenoxy) is 1. The molecule has 1 aliphatic carbocycles. The number of aliphatic hydroxyl groups excluding tert-OH is 1. The highest BCUT2D eigenvalue weighted by Crippen LogP contribution is 2.33. The monoisotopic (exact) mass is 240 g/mol. The minimum atomic E-state index is -0.547. The molecule has 1 aromatic rings. The number of hydrogen-bond donors (Lipinski definition) is 1. The molecule has 16 heavy (non-hydrogen) atoms. The molecule has 2 nitrogen and oxygen atoms in total. The molecule has 0 radical (unpaired) electrons. The second kappa shape index (κ2) is 5.07. The molecule has 0 aromatic heterocycles. The van der Waals surface area contributed by atoms with Crippen molar-refractivity contribution in [3.05, 3.63) is 28.8 Å². The van der Waals surface area contributed by atoms with Gasteiger partial charge in [-0.1, -0.05) is 24.4 Å². The van der Waals surface area contributed by atoms with Crippen molar-refractivity contribution in [2.75, 3.05) is 6.61 Å². The molecule has 1 fully saturated rings. The average Bonchev–Trinajstić information content (AvgIpc) is 3.04. The minimum Gasteiger partial charge on any atom is -0.493 e. The summed E-state index contributed by atoms with van der Waals surface area (Å²) in [6.07, 6.45) is 3.25. The summed E-state index contributed by atoms with van der Waals surface area (Å²) in [6, 6.07) is 5.38. The van der Waals surface area contributed by atoms with Gasteiger partial charge < -0.3 is 9.84 Å². The Kier molecular flexibility index (Phi) is 3.72. The van der Waals surface area contributed by atoms with Gasteiger partial charge in [0.05, 0.1) is 12.7 Å². The van der Waals surface area contributed by atoms with E-state index in [2.05, 4.69) is 0 Å². The molecule has 2 rings (SSSR count). The maximum atomic E-state index is 9.61. The molecule has 1 atom stereocenters. The van der Waals surface area contributed by atoms with E-state index in [4.69, 9.17) is 16.3 Å². The molecule has 0 saturated heterocycles. The third-order valence-electron chi connectivity index (χ3n) is 2.90. The molecule has 88 valence electrons. The van der Waals surface area contributed by atoms with Crippen LogP contribution >= 0.6 is 11.6 Å². The first kappa shape index (κ1) is 11.7. The average molecular weight is 241 g/mol. The molecule has 0 bridgehead atoms. The van der Waals surface area contributed by atoms with Crippen molar-refractivity contribution in [2.45, 2.75) is 32.3 Å². The van der Waals surface area contributed by atoms with E-state index < -0.39 is 6.10 Å². The van der Waals surface area contributed by atoms with Crippen molar-refractivity contribution >= 4 is 11.6 Å². The Hall–Kier alpha value is -0.730. The Balaban J connectivity index is 1.99. The molecule has 0 aliphatic heterocycles. The molecule has 1 aromatic carbocycles. The molecule has 3 heteroatoms. The lowest BCUT2D eigenvalue weighted by molar-refractivity contribution is 0.190. The van der Waals surface area contributed by atoms with Crippen LogP contribution in [0.25, 0.3) is 0 Å². The van der Waals surface area contributed by atoms with Crippen molar-refractivity contribution < 1.29 is 9.84 Å². The van der Waals surface area contributed by atoms with Gasteiger partial charge in [0.1, 0.15) is 5.75 Å². The fourth-order valence-corrected chi connectivity index (χ4v) is 1.90. The second-order valence-electron chi connectivity index (χ2n) is 4.44. The summed E-state index contributed by atoms with van der Waals surface area (Å²) in [5.41, 5.74) is 0.767. The third-order valence-corrected chi connectivity index (χ3v) is 3.14. The van der Waals surface area contributed by atoms with Gasteiger partial charge in [0.25, 0.3) is 0 Å². The van der Waals surface area contributed by atoms with Gasteiger partial charge in [-0.3, -0.25) is 0 Å². The van der Waals surface area contributed by atoms with Gasteiger partial charge in [-0.25, -0.2) is 0 Å². The van der Waals surface area contributed by atoms with Gasteiger partial charge in [0, 0.05) is 10.6 Å². The predicted octanol–water partition coefficient (Wildman–Crippen LogP) is 3.57. The molecule has 1 saturated carbocycles. The smallest absolute Gasteiger partial charge is 0.125 e. The summed E-state index contributed by atoms with van der Waals surface area (Å²) in [4.78, 5) is 0. The molecule has 0 spiro atoms. The number of aliphatic hydroxyl groups is 1. The third kappa shape index (κ3) is 3.13. The highest BCUT2D eigenvalue weighted by atomic mass is 35.5. The number of hydrogen-bond acceptors (Lipinski definition) is 2. The summed E-state index contributed by atoms with van der Waals surface area (Å²) >= 11 is 5.89. The van der Waals surface area contributed by atoms with Gasteiger partial charge >= 0.3 is 0 Å². The normalized spacial score (nSPS) is 17.2. The summed E-state index contributed by atoms with van der Waals surface area (Å²) in [5.74, 6) is 1.61.